The lowest BCUT2D eigenvalue weighted by molar-refractivity contribution is -0.125. The van der Waals surface area contributed by atoms with Crippen LogP contribution >= 0.6 is 0 Å². The number of anilines is 1. The molecule has 1 aromatic carbocycles. The van der Waals surface area contributed by atoms with E-state index in [4.69, 9.17) is 5.73 Å². The van der Waals surface area contributed by atoms with Crippen molar-refractivity contribution in [3.05, 3.63) is 23.9 Å². The molecule has 2 amide bonds. The average Bonchev–Trinajstić information content (AvgIpc) is 2.91. The van der Waals surface area contributed by atoms with Gasteiger partial charge in [0.05, 0.1) is 24.3 Å². The number of amides is 2. The minimum atomic E-state index is -0.615. The highest BCUT2D eigenvalue weighted by molar-refractivity contribution is 5.97. The molecule has 0 saturated heterocycles. The monoisotopic (exact) mass is 303 g/mol. The number of carbonyl (C=O) groups is 2. The van der Waals surface area contributed by atoms with Crippen LogP contribution in [0.5, 0.6) is 0 Å². The minimum Gasteiger partial charge on any atom is -0.346 e. The maximum atomic E-state index is 11.9. The van der Waals surface area contributed by atoms with Gasteiger partial charge in [-0.1, -0.05) is 13.8 Å². The van der Waals surface area contributed by atoms with Crippen LogP contribution in [0.15, 0.2) is 18.3 Å². The van der Waals surface area contributed by atoms with Crippen LogP contribution < -0.4 is 16.4 Å². The Labute approximate surface area is 128 Å². The largest absolute Gasteiger partial charge is 0.346 e. The van der Waals surface area contributed by atoms with E-state index in [1.165, 1.54) is 0 Å². The smallest absolute Gasteiger partial charge is 0.243 e. The number of rotatable bonds is 5. The van der Waals surface area contributed by atoms with Crippen molar-refractivity contribution in [2.24, 2.45) is 11.7 Å². The molecule has 7 nitrogen and oxygen atoms in total. The Morgan fingerprint density at radius 1 is 1.36 bits per heavy atom. The van der Waals surface area contributed by atoms with E-state index >= 15 is 0 Å². The molecule has 0 aliphatic carbocycles. The Balaban J connectivity index is 1.96. The maximum Gasteiger partial charge on any atom is 0.243 e. The van der Waals surface area contributed by atoms with Gasteiger partial charge in [-0.15, -0.1) is 0 Å². The molecule has 0 radical (unpaired) electrons. The third-order valence-electron chi connectivity index (χ3n) is 3.50. The molecular weight excluding hydrogens is 282 g/mol. The standard InChI is InChI=1S/C15H21N5O2/c1-8(2)14(16)15(22)17-7-13(21)19-11-5-12-10(4-9(11)3)6-18-20-12/h4-6,8,14H,7,16H2,1-3H3,(H,17,22)(H,18,20)(H,19,21)/t14-/m0/s1. The number of aryl methyl sites for hydroxylation is 1. The summed E-state index contributed by atoms with van der Waals surface area (Å²) in [6.45, 7) is 5.50. The fraction of sp³-hybridized carbons (Fsp3) is 0.400. The molecule has 0 aliphatic heterocycles. The molecule has 0 fully saturated rings. The molecule has 5 N–H and O–H groups in total. The van der Waals surface area contributed by atoms with Gasteiger partial charge < -0.3 is 16.4 Å². The van der Waals surface area contributed by atoms with E-state index in [9.17, 15) is 9.59 Å². The minimum absolute atomic E-state index is 0.0214. The van der Waals surface area contributed by atoms with Gasteiger partial charge in [0.15, 0.2) is 0 Å². The quantitative estimate of drug-likeness (QED) is 0.657. The van der Waals surface area contributed by atoms with Crippen molar-refractivity contribution < 1.29 is 9.59 Å². The highest BCUT2D eigenvalue weighted by Crippen LogP contribution is 2.21. The van der Waals surface area contributed by atoms with Gasteiger partial charge in [-0.05, 0) is 30.5 Å². The summed E-state index contributed by atoms with van der Waals surface area (Å²) in [5.74, 6) is -0.606. The number of H-pyrrole nitrogens is 1. The molecule has 0 unspecified atom stereocenters. The van der Waals surface area contributed by atoms with E-state index in [0.717, 1.165) is 16.5 Å². The Morgan fingerprint density at radius 3 is 2.77 bits per heavy atom. The fourth-order valence-electron chi connectivity index (χ4n) is 2.02. The number of hydrogen-bond acceptors (Lipinski definition) is 4. The van der Waals surface area contributed by atoms with Crippen molar-refractivity contribution >= 4 is 28.4 Å². The molecule has 118 valence electrons. The number of aromatic nitrogens is 2. The van der Waals surface area contributed by atoms with E-state index in [0.29, 0.717) is 5.69 Å². The molecule has 1 aromatic heterocycles. The first-order valence-corrected chi connectivity index (χ1v) is 7.15. The summed E-state index contributed by atoms with van der Waals surface area (Å²) < 4.78 is 0. The zero-order chi connectivity index (χ0) is 16.3. The molecule has 2 aromatic rings. The first-order chi connectivity index (χ1) is 10.4. The number of hydrogen-bond donors (Lipinski definition) is 4. The lowest BCUT2D eigenvalue weighted by Crippen LogP contribution is -2.46. The first kappa shape index (κ1) is 16.0. The van der Waals surface area contributed by atoms with Crippen molar-refractivity contribution in [3.63, 3.8) is 0 Å². The Bertz CT molecular complexity index is 692. The third kappa shape index (κ3) is 3.62. The summed E-state index contributed by atoms with van der Waals surface area (Å²) in [6, 6.07) is 3.13. The van der Waals surface area contributed by atoms with Crippen molar-refractivity contribution in [1.82, 2.24) is 15.5 Å². The second-order valence-electron chi connectivity index (χ2n) is 5.66. The van der Waals surface area contributed by atoms with Crippen LogP contribution in [0.25, 0.3) is 10.9 Å². The summed E-state index contributed by atoms with van der Waals surface area (Å²) in [5, 5.41) is 13.1. The van der Waals surface area contributed by atoms with E-state index < -0.39 is 6.04 Å². The summed E-state index contributed by atoms with van der Waals surface area (Å²) in [7, 11) is 0. The number of fused-ring (bicyclic) bond motifs is 1. The molecule has 1 heterocycles. The maximum absolute atomic E-state index is 11.9. The molecule has 0 bridgehead atoms. The normalized spacial score (nSPS) is 12.4. The topological polar surface area (TPSA) is 113 Å². The van der Waals surface area contributed by atoms with E-state index in [-0.39, 0.29) is 24.3 Å². The molecule has 1 atom stereocenters. The number of nitrogens with two attached hydrogens (primary N) is 1. The summed E-state index contributed by atoms with van der Waals surface area (Å²) >= 11 is 0. The van der Waals surface area contributed by atoms with Gasteiger partial charge in [-0.2, -0.15) is 5.10 Å². The highest BCUT2D eigenvalue weighted by Gasteiger charge is 2.17. The van der Waals surface area contributed by atoms with Gasteiger partial charge >= 0.3 is 0 Å². The predicted molar refractivity (Wildman–Crippen MR) is 85.3 cm³/mol. The van der Waals surface area contributed by atoms with Crippen molar-refractivity contribution in [2.75, 3.05) is 11.9 Å². The number of nitrogens with one attached hydrogen (secondary N) is 3. The Kier molecular flexibility index (Phi) is 4.77. The second-order valence-corrected chi connectivity index (χ2v) is 5.66. The van der Waals surface area contributed by atoms with Crippen LogP contribution in [0.2, 0.25) is 0 Å². The van der Waals surface area contributed by atoms with Crippen LogP contribution in [0, 0.1) is 12.8 Å². The van der Waals surface area contributed by atoms with Gasteiger partial charge in [-0.3, -0.25) is 14.7 Å². The zero-order valence-electron chi connectivity index (χ0n) is 12.9. The van der Waals surface area contributed by atoms with E-state index in [1.807, 2.05) is 32.9 Å². The first-order valence-electron chi connectivity index (χ1n) is 7.15. The molecule has 7 heteroatoms. The molecular formula is C15H21N5O2. The molecule has 0 saturated carbocycles. The van der Waals surface area contributed by atoms with Crippen molar-refractivity contribution in [3.8, 4) is 0 Å². The Morgan fingerprint density at radius 2 is 2.09 bits per heavy atom. The van der Waals surface area contributed by atoms with Crippen LogP contribution in [-0.4, -0.2) is 34.6 Å². The van der Waals surface area contributed by atoms with Crippen LogP contribution in [0.1, 0.15) is 19.4 Å². The Hall–Kier alpha value is -2.41. The second kappa shape index (κ2) is 6.57. The van der Waals surface area contributed by atoms with Crippen LogP contribution in [-0.2, 0) is 9.59 Å². The van der Waals surface area contributed by atoms with Crippen molar-refractivity contribution in [2.45, 2.75) is 26.8 Å². The van der Waals surface area contributed by atoms with Gasteiger partial charge in [-0.25, -0.2) is 0 Å². The number of aromatic amines is 1. The lowest BCUT2D eigenvalue weighted by Gasteiger charge is -2.15. The highest BCUT2D eigenvalue weighted by atomic mass is 16.2. The fourth-order valence-corrected chi connectivity index (χ4v) is 2.02. The van der Waals surface area contributed by atoms with Gasteiger partial charge in [0.2, 0.25) is 11.8 Å². The number of nitrogens with zero attached hydrogens (tertiary/aromatic N) is 1. The van der Waals surface area contributed by atoms with Gasteiger partial charge in [0.1, 0.15) is 0 Å². The predicted octanol–water partition coefficient (Wildman–Crippen LogP) is 0.909. The van der Waals surface area contributed by atoms with Crippen LogP contribution in [0.3, 0.4) is 0 Å². The van der Waals surface area contributed by atoms with Crippen molar-refractivity contribution in [1.29, 1.82) is 0 Å². The molecule has 2 rings (SSSR count). The zero-order valence-corrected chi connectivity index (χ0v) is 12.9. The summed E-state index contributed by atoms with van der Waals surface area (Å²) in [4.78, 5) is 23.7. The summed E-state index contributed by atoms with van der Waals surface area (Å²) in [5.41, 5.74) is 8.17. The SMILES string of the molecule is Cc1cc2cn[nH]c2cc1NC(=O)CNC(=O)[C@@H](N)C(C)C. The van der Waals surface area contributed by atoms with Gasteiger partial charge in [0, 0.05) is 11.1 Å². The molecule has 22 heavy (non-hydrogen) atoms. The molecule has 0 spiro atoms. The van der Waals surface area contributed by atoms with E-state index in [1.54, 1.807) is 6.20 Å². The molecule has 0 aliphatic rings. The van der Waals surface area contributed by atoms with Crippen LogP contribution in [0.4, 0.5) is 5.69 Å². The summed E-state index contributed by atoms with van der Waals surface area (Å²) in [6.07, 6.45) is 1.72. The van der Waals surface area contributed by atoms with E-state index in [2.05, 4.69) is 20.8 Å². The average molecular weight is 303 g/mol. The number of carbonyl (C=O) groups excluding carboxylic acids is 2. The lowest BCUT2D eigenvalue weighted by atomic mass is 10.1. The third-order valence-corrected chi connectivity index (χ3v) is 3.50. The van der Waals surface area contributed by atoms with Gasteiger partial charge in [0.25, 0.3) is 0 Å². The number of benzene rings is 1.